The molecule has 0 unspecified atom stereocenters. The second-order valence-corrected chi connectivity index (χ2v) is 7.94. The minimum atomic E-state index is 0. The second-order valence-electron chi connectivity index (χ2n) is 7.94. The van der Waals surface area contributed by atoms with Gasteiger partial charge in [-0.05, 0) is 30.4 Å². The quantitative estimate of drug-likeness (QED) is 0.598. The molecule has 1 aliphatic carbocycles. The average Bonchev–Trinajstić information content (AvgIpc) is 2.75. The van der Waals surface area contributed by atoms with Gasteiger partial charge in [0.05, 0.1) is 14.2 Å². The summed E-state index contributed by atoms with van der Waals surface area (Å²) >= 11 is 0. The lowest BCUT2D eigenvalue weighted by Gasteiger charge is -2.43. The molecule has 2 aromatic carbocycles. The van der Waals surface area contributed by atoms with Crippen molar-refractivity contribution in [2.24, 2.45) is 5.92 Å². The Morgan fingerprint density at radius 1 is 0.935 bits per heavy atom. The van der Waals surface area contributed by atoms with Crippen molar-refractivity contribution in [3.8, 4) is 17.2 Å². The third-order valence-corrected chi connectivity index (χ3v) is 6.21. The minimum Gasteiger partial charge on any atom is -0.493 e. The summed E-state index contributed by atoms with van der Waals surface area (Å²) in [7, 11) is 3.38. The van der Waals surface area contributed by atoms with Crippen molar-refractivity contribution in [3.63, 3.8) is 0 Å². The Kier molecular flexibility index (Phi) is 10.2. The van der Waals surface area contributed by atoms with E-state index in [1.165, 1.54) is 24.8 Å². The molecular weight excluding hydrogens is 435 g/mol. The van der Waals surface area contributed by atoms with E-state index >= 15 is 0 Å². The summed E-state index contributed by atoms with van der Waals surface area (Å²) in [6, 6.07) is 14.8. The van der Waals surface area contributed by atoms with E-state index in [4.69, 9.17) is 14.2 Å². The van der Waals surface area contributed by atoms with Crippen LogP contribution >= 0.6 is 24.8 Å². The van der Waals surface area contributed by atoms with Crippen molar-refractivity contribution in [2.45, 2.75) is 31.9 Å². The van der Waals surface area contributed by atoms with Crippen LogP contribution < -0.4 is 19.5 Å². The van der Waals surface area contributed by atoms with Crippen LogP contribution in [0.3, 0.4) is 0 Å². The predicted molar refractivity (Wildman–Crippen MR) is 129 cm³/mol. The first-order valence-corrected chi connectivity index (χ1v) is 10.7. The third kappa shape index (κ3) is 5.98. The van der Waals surface area contributed by atoms with Gasteiger partial charge in [-0.15, -0.1) is 24.8 Å². The molecule has 1 atom stereocenters. The summed E-state index contributed by atoms with van der Waals surface area (Å²) in [4.78, 5) is 2.62. The molecular formula is C24H34Cl2N2O3. The minimum absolute atomic E-state index is 0. The van der Waals surface area contributed by atoms with Gasteiger partial charge in [0.1, 0.15) is 12.4 Å². The van der Waals surface area contributed by atoms with Crippen LogP contribution in [-0.4, -0.2) is 45.3 Å². The Labute approximate surface area is 198 Å². The van der Waals surface area contributed by atoms with Gasteiger partial charge in [0.2, 0.25) is 0 Å². The zero-order valence-corrected chi connectivity index (χ0v) is 20.0. The van der Waals surface area contributed by atoms with Gasteiger partial charge in [-0.3, -0.25) is 4.90 Å². The molecule has 0 aromatic heterocycles. The van der Waals surface area contributed by atoms with Crippen molar-refractivity contribution in [2.75, 3.05) is 40.4 Å². The maximum absolute atomic E-state index is 6.38. The lowest BCUT2D eigenvalue weighted by Crippen LogP contribution is -2.47. The lowest BCUT2D eigenvalue weighted by molar-refractivity contribution is 0.0807. The molecule has 4 rings (SSSR count). The van der Waals surface area contributed by atoms with E-state index in [-0.39, 0.29) is 24.8 Å². The lowest BCUT2D eigenvalue weighted by atomic mass is 9.76. The van der Waals surface area contributed by atoms with Crippen LogP contribution in [0.15, 0.2) is 42.5 Å². The number of halogens is 2. The molecule has 0 amide bonds. The zero-order valence-electron chi connectivity index (χ0n) is 18.3. The van der Waals surface area contributed by atoms with E-state index in [1.54, 1.807) is 14.2 Å². The SMILES string of the molecule is COc1cc(OCc2ccccc2)c([C@@H](C2CCC2)N2CCNCC2)cc1OC.Cl.Cl. The summed E-state index contributed by atoms with van der Waals surface area (Å²) in [6.07, 6.45) is 3.88. The number of hydrogen-bond donors (Lipinski definition) is 1. The standard InChI is InChI=1S/C24H32N2O3.2ClH/c1-27-22-15-20(24(19-9-6-10-19)26-13-11-25-12-14-26)21(16-23(22)28-2)29-17-18-7-4-3-5-8-18;;/h3-5,7-8,15-16,19,24-25H,6,9-14,17H2,1-2H3;2*1H/t24-;;/m1../s1. The summed E-state index contributed by atoms with van der Waals surface area (Å²) in [5, 5.41) is 3.48. The Morgan fingerprint density at radius 3 is 2.16 bits per heavy atom. The van der Waals surface area contributed by atoms with Gasteiger partial charge in [0.25, 0.3) is 0 Å². The number of benzene rings is 2. The van der Waals surface area contributed by atoms with E-state index in [1.807, 2.05) is 24.3 Å². The normalized spacial score (nSPS) is 17.5. The van der Waals surface area contributed by atoms with E-state index in [0.29, 0.717) is 24.3 Å². The van der Waals surface area contributed by atoms with Gasteiger partial charge < -0.3 is 19.5 Å². The third-order valence-electron chi connectivity index (χ3n) is 6.21. The van der Waals surface area contributed by atoms with Gasteiger partial charge in [0.15, 0.2) is 11.5 Å². The molecule has 2 aromatic rings. The zero-order chi connectivity index (χ0) is 20.1. The first-order chi connectivity index (χ1) is 14.3. The van der Waals surface area contributed by atoms with Crippen molar-refractivity contribution < 1.29 is 14.2 Å². The van der Waals surface area contributed by atoms with Gasteiger partial charge >= 0.3 is 0 Å². The number of methoxy groups -OCH3 is 2. The number of nitrogens with zero attached hydrogens (tertiary/aromatic N) is 1. The highest BCUT2D eigenvalue weighted by molar-refractivity contribution is 5.85. The molecule has 1 saturated heterocycles. The molecule has 0 radical (unpaired) electrons. The van der Waals surface area contributed by atoms with E-state index in [0.717, 1.165) is 43.2 Å². The monoisotopic (exact) mass is 468 g/mol. The molecule has 1 aliphatic heterocycles. The van der Waals surface area contributed by atoms with E-state index in [9.17, 15) is 0 Å². The van der Waals surface area contributed by atoms with Crippen LogP contribution in [0.5, 0.6) is 17.2 Å². The fourth-order valence-electron chi connectivity index (χ4n) is 4.43. The van der Waals surface area contributed by atoms with Crippen molar-refractivity contribution in [1.82, 2.24) is 10.2 Å². The molecule has 172 valence electrons. The predicted octanol–water partition coefficient (Wildman–Crippen LogP) is 4.87. The number of ether oxygens (including phenoxy) is 3. The first kappa shape index (κ1) is 25.6. The fraction of sp³-hybridized carbons (Fsp3) is 0.500. The van der Waals surface area contributed by atoms with Gasteiger partial charge in [-0.1, -0.05) is 36.8 Å². The fourth-order valence-corrected chi connectivity index (χ4v) is 4.43. The molecule has 0 bridgehead atoms. The van der Waals surface area contributed by atoms with Crippen molar-refractivity contribution in [3.05, 3.63) is 53.6 Å². The van der Waals surface area contributed by atoms with Crippen LogP contribution in [-0.2, 0) is 6.61 Å². The van der Waals surface area contributed by atoms with Crippen LogP contribution in [0.25, 0.3) is 0 Å². The Morgan fingerprint density at radius 2 is 1.58 bits per heavy atom. The van der Waals surface area contributed by atoms with Gasteiger partial charge in [0, 0.05) is 43.9 Å². The molecule has 0 spiro atoms. The summed E-state index contributed by atoms with van der Waals surface area (Å²) in [5.74, 6) is 3.06. The largest absolute Gasteiger partial charge is 0.493 e. The molecule has 1 saturated carbocycles. The average molecular weight is 469 g/mol. The van der Waals surface area contributed by atoms with Crippen LogP contribution in [0.2, 0.25) is 0 Å². The Balaban J connectivity index is 0.00000171. The van der Waals surface area contributed by atoms with Crippen molar-refractivity contribution >= 4 is 24.8 Å². The molecule has 31 heavy (non-hydrogen) atoms. The van der Waals surface area contributed by atoms with Crippen molar-refractivity contribution in [1.29, 1.82) is 0 Å². The van der Waals surface area contributed by atoms with Gasteiger partial charge in [-0.25, -0.2) is 0 Å². The van der Waals surface area contributed by atoms with Crippen LogP contribution in [0, 0.1) is 5.92 Å². The summed E-state index contributed by atoms with van der Waals surface area (Å²) in [5.41, 5.74) is 2.39. The molecule has 7 heteroatoms. The molecule has 1 heterocycles. The van der Waals surface area contributed by atoms with Crippen LogP contribution in [0.4, 0.5) is 0 Å². The number of rotatable bonds is 8. The Bertz CT molecular complexity index is 797. The van der Waals surface area contributed by atoms with E-state index in [2.05, 4.69) is 28.4 Å². The first-order valence-electron chi connectivity index (χ1n) is 10.7. The summed E-state index contributed by atoms with van der Waals surface area (Å²) in [6.45, 7) is 4.75. The maximum atomic E-state index is 6.38. The highest BCUT2D eigenvalue weighted by atomic mass is 35.5. The molecule has 1 N–H and O–H groups in total. The number of piperazine rings is 1. The van der Waals surface area contributed by atoms with Crippen LogP contribution in [0.1, 0.15) is 36.4 Å². The topological polar surface area (TPSA) is 43.0 Å². The molecule has 5 nitrogen and oxygen atoms in total. The second kappa shape index (κ2) is 12.4. The maximum Gasteiger partial charge on any atom is 0.164 e. The Hall–Kier alpha value is -1.66. The summed E-state index contributed by atoms with van der Waals surface area (Å²) < 4.78 is 17.6. The van der Waals surface area contributed by atoms with E-state index < -0.39 is 0 Å². The molecule has 2 fully saturated rings. The highest BCUT2D eigenvalue weighted by Crippen LogP contribution is 2.47. The number of hydrogen-bond acceptors (Lipinski definition) is 5. The van der Waals surface area contributed by atoms with Gasteiger partial charge in [-0.2, -0.15) is 0 Å². The smallest absolute Gasteiger partial charge is 0.164 e. The number of nitrogens with one attached hydrogen (secondary N) is 1. The molecule has 2 aliphatic rings. The highest BCUT2D eigenvalue weighted by Gasteiger charge is 2.36.